The van der Waals surface area contributed by atoms with Gasteiger partial charge in [-0.05, 0) is 44.6 Å². The van der Waals surface area contributed by atoms with Crippen molar-refractivity contribution in [3.63, 3.8) is 0 Å². The van der Waals surface area contributed by atoms with Crippen LogP contribution in [0.5, 0.6) is 0 Å². The van der Waals surface area contributed by atoms with Crippen LogP contribution in [-0.4, -0.2) is 54.3 Å². The molecule has 26 heavy (non-hydrogen) atoms. The number of carbonyl (C=O) groups excluding carboxylic acids is 1. The van der Waals surface area contributed by atoms with Crippen LogP contribution in [0.4, 0.5) is 0 Å². The van der Waals surface area contributed by atoms with Crippen molar-refractivity contribution >= 4 is 5.78 Å². The van der Waals surface area contributed by atoms with E-state index in [1.54, 1.807) is 0 Å². The molecule has 0 aromatic carbocycles. The Balaban J connectivity index is 1.55. The van der Waals surface area contributed by atoms with E-state index in [2.05, 4.69) is 37.5 Å². The molecular formula is C23H44N2O. The van der Waals surface area contributed by atoms with Gasteiger partial charge in [-0.2, -0.15) is 0 Å². The number of ketones is 1. The molecule has 2 rings (SSSR count). The van der Waals surface area contributed by atoms with Gasteiger partial charge in [0.25, 0.3) is 0 Å². The predicted octanol–water partition coefficient (Wildman–Crippen LogP) is 4.99. The van der Waals surface area contributed by atoms with Gasteiger partial charge in [-0.15, -0.1) is 0 Å². The number of unbranched alkanes of at least 4 members (excludes halogenated alkanes) is 3. The van der Waals surface area contributed by atoms with E-state index in [9.17, 15) is 4.79 Å². The zero-order chi connectivity index (χ0) is 18.9. The minimum absolute atomic E-state index is 0.213. The first kappa shape index (κ1) is 21.9. The van der Waals surface area contributed by atoms with Gasteiger partial charge in [-0.1, -0.05) is 53.4 Å². The highest BCUT2D eigenvalue weighted by Gasteiger charge is 2.31. The summed E-state index contributed by atoms with van der Waals surface area (Å²) in [5.74, 6) is 1.93. The minimum atomic E-state index is 0.213. The third-order valence-electron chi connectivity index (χ3n) is 6.60. The summed E-state index contributed by atoms with van der Waals surface area (Å²) in [5, 5.41) is 0. The standard InChI is InChI=1S/C23H44N2O/c1-19(2)9-7-5-6-8-14-24-15-17-25(18-16-24)22-12-10-21(11-13-22)23(26)20(3)4/h19-22H,5-18H2,1-4H3/t21-,22+. The highest BCUT2D eigenvalue weighted by molar-refractivity contribution is 5.82. The summed E-state index contributed by atoms with van der Waals surface area (Å²) in [5.41, 5.74) is 0. The summed E-state index contributed by atoms with van der Waals surface area (Å²) in [6.45, 7) is 15.0. The fourth-order valence-corrected chi connectivity index (χ4v) is 4.79. The highest BCUT2D eigenvalue weighted by Crippen LogP contribution is 2.30. The van der Waals surface area contributed by atoms with Crippen molar-refractivity contribution in [3.8, 4) is 0 Å². The molecular weight excluding hydrogens is 320 g/mol. The number of piperazine rings is 1. The number of hydrogen-bond acceptors (Lipinski definition) is 3. The number of rotatable bonds is 10. The summed E-state index contributed by atoms with van der Waals surface area (Å²) in [4.78, 5) is 17.6. The zero-order valence-corrected chi connectivity index (χ0v) is 18.0. The summed E-state index contributed by atoms with van der Waals surface area (Å²) in [6, 6.07) is 0.740. The molecule has 0 aromatic heterocycles. The first-order valence-electron chi connectivity index (χ1n) is 11.5. The van der Waals surface area contributed by atoms with Crippen LogP contribution in [0.25, 0.3) is 0 Å². The lowest BCUT2D eigenvalue weighted by molar-refractivity contribution is -0.127. The second-order valence-electron chi connectivity index (χ2n) is 9.54. The topological polar surface area (TPSA) is 23.6 Å². The van der Waals surface area contributed by atoms with Crippen molar-refractivity contribution in [2.75, 3.05) is 32.7 Å². The van der Waals surface area contributed by atoms with E-state index in [1.165, 1.54) is 77.7 Å². The smallest absolute Gasteiger partial charge is 0.138 e. The Labute approximate surface area is 162 Å². The average molecular weight is 365 g/mol. The minimum Gasteiger partial charge on any atom is -0.301 e. The van der Waals surface area contributed by atoms with Gasteiger partial charge in [0, 0.05) is 44.1 Å². The lowest BCUT2D eigenvalue weighted by Crippen LogP contribution is -2.51. The molecule has 1 saturated carbocycles. The highest BCUT2D eigenvalue weighted by atomic mass is 16.1. The number of carbonyl (C=O) groups is 1. The zero-order valence-electron chi connectivity index (χ0n) is 18.0. The summed E-state index contributed by atoms with van der Waals surface area (Å²) in [6.07, 6.45) is 11.7. The van der Waals surface area contributed by atoms with Crippen molar-refractivity contribution in [2.24, 2.45) is 17.8 Å². The van der Waals surface area contributed by atoms with Gasteiger partial charge in [0.15, 0.2) is 0 Å². The molecule has 0 bridgehead atoms. The van der Waals surface area contributed by atoms with Crippen LogP contribution < -0.4 is 0 Å². The van der Waals surface area contributed by atoms with E-state index in [-0.39, 0.29) is 5.92 Å². The third-order valence-corrected chi connectivity index (χ3v) is 6.60. The van der Waals surface area contributed by atoms with E-state index in [0.29, 0.717) is 11.7 Å². The van der Waals surface area contributed by atoms with Crippen LogP contribution in [0, 0.1) is 17.8 Å². The Morgan fingerprint density at radius 3 is 2.04 bits per heavy atom. The van der Waals surface area contributed by atoms with Crippen LogP contribution in [0.2, 0.25) is 0 Å². The summed E-state index contributed by atoms with van der Waals surface area (Å²) >= 11 is 0. The fourth-order valence-electron chi connectivity index (χ4n) is 4.79. The molecule has 1 heterocycles. The van der Waals surface area contributed by atoms with E-state index in [1.807, 2.05) is 0 Å². The van der Waals surface area contributed by atoms with Crippen molar-refractivity contribution in [2.45, 2.75) is 91.5 Å². The molecule has 3 heteroatoms. The molecule has 0 atom stereocenters. The van der Waals surface area contributed by atoms with Gasteiger partial charge in [-0.25, -0.2) is 0 Å². The van der Waals surface area contributed by atoms with Crippen molar-refractivity contribution in [1.29, 1.82) is 0 Å². The Morgan fingerprint density at radius 2 is 1.46 bits per heavy atom. The number of nitrogens with zero attached hydrogens (tertiary/aromatic N) is 2. The van der Waals surface area contributed by atoms with Crippen molar-refractivity contribution in [3.05, 3.63) is 0 Å². The van der Waals surface area contributed by atoms with Crippen LogP contribution in [0.1, 0.15) is 85.5 Å². The number of hydrogen-bond donors (Lipinski definition) is 0. The molecule has 152 valence electrons. The van der Waals surface area contributed by atoms with Gasteiger partial charge in [0.05, 0.1) is 0 Å². The van der Waals surface area contributed by atoms with E-state index in [4.69, 9.17) is 0 Å². The van der Waals surface area contributed by atoms with Crippen LogP contribution in [0.15, 0.2) is 0 Å². The maximum Gasteiger partial charge on any atom is 0.138 e. The molecule has 0 N–H and O–H groups in total. The van der Waals surface area contributed by atoms with Gasteiger partial charge < -0.3 is 4.90 Å². The third kappa shape index (κ3) is 7.31. The van der Waals surface area contributed by atoms with E-state index < -0.39 is 0 Å². The van der Waals surface area contributed by atoms with Gasteiger partial charge >= 0.3 is 0 Å². The molecule has 0 spiro atoms. The molecule has 0 radical (unpaired) electrons. The first-order chi connectivity index (χ1) is 12.5. The molecule has 0 unspecified atom stereocenters. The molecule has 2 aliphatic rings. The summed E-state index contributed by atoms with van der Waals surface area (Å²) in [7, 11) is 0. The fraction of sp³-hybridized carbons (Fsp3) is 0.957. The molecule has 0 aromatic rings. The molecule has 3 nitrogen and oxygen atoms in total. The Morgan fingerprint density at radius 1 is 0.846 bits per heavy atom. The summed E-state index contributed by atoms with van der Waals surface area (Å²) < 4.78 is 0. The van der Waals surface area contributed by atoms with Crippen LogP contribution in [-0.2, 0) is 4.79 Å². The molecule has 2 fully saturated rings. The van der Waals surface area contributed by atoms with Crippen molar-refractivity contribution < 1.29 is 4.79 Å². The monoisotopic (exact) mass is 364 g/mol. The maximum atomic E-state index is 12.2. The number of Topliss-reactive ketones (excluding diaryl/α,β-unsaturated/α-hetero) is 1. The Bertz CT molecular complexity index is 391. The lowest BCUT2D eigenvalue weighted by atomic mass is 9.80. The Hall–Kier alpha value is -0.410. The van der Waals surface area contributed by atoms with Crippen LogP contribution >= 0.6 is 0 Å². The average Bonchev–Trinajstić information content (AvgIpc) is 2.64. The molecule has 1 saturated heterocycles. The van der Waals surface area contributed by atoms with Gasteiger partial charge in [-0.3, -0.25) is 9.69 Å². The van der Waals surface area contributed by atoms with Gasteiger partial charge in [0.1, 0.15) is 5.78 Å². The molecule has 1 aliphatic carbocycles. The van der Waals surface area contributed by atoms with E-state index in [0.717, 1.165) is 24.8 Å². The second kappa shape index (κ2) is 11.4. The molecule has 1 aliphatic heterocycles. The Kier molecular flexibility index (Phi) is 9.63. The predicted molar refractivity (Wildman–Crippen MR) is 112 cm³/mol. The van der Waals surface area contributed by atoms with Crippen LogP contribution in [0.3, 0.4) is 0 Å². The molecule has 0 amide bonds. The maximum absolute atomic E-state index is 12.2. The SMILES string of the molecule is CC(C)CCCCCCN1CCN([C@H]2CC[C@@H](C(=O)C(C)C)CC2)CC1. The van der Waals surface area contributed by atoms with Crippen molar-refractivity contribution in [1.82, 2.24) is 9.80 Å². The quantitative estimate of drug-likeness (QED) is 0.510. The van der Waals surface area contributed by atoms with Gasteiger partial charge in [0.2, 0.25) is 0 Å². The van der Waals surface area contributed by atoms with E-state index >= 15 is 0 Å². The normalized spacial score (nSPS) is 25.9. The largest absolute Gasteiger partial charge is 0.301 e. The lowest BCUT2D eigenvalue weighted by Gasteiger charge is -2.42. The first-order valence-corrected chi connectivity index (χ1v) is 11.5. The second-order valence-corrected chi connectivity index (χ2v) is 9.54.